The number of ketones is 1. The molecule has 1 amide bonds. The van der Waals surface area contributed by atoms with Crippen molar-refractivity contribution < 1.29 is 9.59 Å². The smallest absolute Gasteiger partial charge is 0.221 e. The molecule has 0 aromatic carbocycles. The number of carbonyl (C=O) groups excluding carboxylic acids is 2. The van der Waals surface area contributed by atoms with Crippen molar-refractivity contribution in [2.45, 2.75) is 51.0 Å². The largest absolute Gasteiger partial charge is 0.359 e. The van der Waals surface area contributed by atoms with E-state index >= 15 is 0 Å². The first-order valence-electron chi connectivity index (χ1n) is 7.19. The Morgan fingerprint density at radius 2 is 2.17 bits per heavy atom. The first kappa shape index (κ1) is 13.5. The molecule has 1 N–H and O–H groups in total. The lowest BCUT2D eigenvalue weighted by atomic mass is 9.88. The maximum atomic E-state index is 11.9. The number of nitrogens with one attached hydrogen (secondary N) is 1. The highest BCUT2D eigenvalue weighted by atomic mass is 16.1. The minimum atomic E-state index is 0.0945. The molecule has 18 heavy (non-hydrogen) atoms. The Bertz CT molecular complexity index is 317. The van der Waals surface area contributed by atoms with Gasteiger partial charge >= 0.3 is 0 Å². The zero-order valence-corrected chi connectivity index (χ0v) is 11.3. The molecule has 4 heteroatoms. The minimum Gasteiger partial charge on any atom is -0.359 e. The quantitative estimate of drug-likeness (QED) is 0.821. The summed E-state index contributed by atoms with van der Waals surface area (Å²) in [4.78, 5) is 25.6. The van der Waals surface area contributed by atoms with Crippen LogP contribution in [0.2, 0.25) is 0 Å². The Morgan fingerprint density at radius 1 is 1.33 bits per heavy atom. The topological polar surface area (TPSA) is 49.4 Å². The molecule has 0 aromatic heterocycles. The Labute approximate surface area is 109 Å². The molecule has 0 spiro atoms. The van der Waals surface area contributed by atoms with Gasteiger partial charge in [0.2, 0.25) is 5.91 Å². The fraction of sp³-hybridized carbons (Fsp3) is 0.857. The molecule has 1 saturated heterocycles. The number of hydrogen-bond donors (Lipinski definition) is 1. The molecule has 2 aliphatic rings. The molecule has 0 radical (unpaired) electrons. The number of likely N-dealkylation sites (tertiary alicyclic amines) is 1. The zero-order valence-electron chi connectivity index (χ0n) is 11.3. The zero-order chi connectivity index (χ0) is 13.0. The maximum Gasteiger partial charge on any atom is 0.221 e. The Hall–Kier alpha value is -0.900. The van der Waals surface area contributed by atoms with Crippen molar-refractivity contribution >= 4 is 11.7 Å². The summed E-state index contributed by atoms with van der Waals surface area (Å²) in [5.41, 5.74) is 0. The lowest BCUT2D eigenvalue weighted by Crippen LogP contribution is -2.46. The van der Waals surface area contributed by atoms with Crippen LogP contribution in [-0.2, 0) is 9.59 Å². The van der Waals surface area contributed by atoms with Crippen molar-refractivity contribution in [3.8, 4) is 0 Å². The van der Waals surface area contributed by atoms with Gasteiger partial charge in [0.1, 0.15) is 5.78 Å². The van der Waals surface area contributed by atoms with Crippen LogP contribution in [0.25, 0.3) is 0 Å². The number of piperidine rings is 1. The van der Waals surface area contributed by atoms with E-state index in [2.05, 4.69) is 10.2 Å². The fourth-order valence-corrected chi connectivity index (χ4v) is 3.37. The van der Waals surface area contributed by atoms with E-state index in [1.807, 2.05) is 0 Å². The molecule has 1 aliphatic carbocycles. The molecule has 1 heterocycles. The Morgan fingerprint density at radius 3 is 2.83 bits per heavy atom. The molecule has 2 fully saturated rings. The molecule has 1 aliphatic heterocycles. The molecule has 2 atom stereocenters. The second-order valence-electron chi connectivity index (χ2n) is 5.49. The third-order valence-corrected chi connectivity index (χ3v) is 4.39. The molecule has 0 bridgehead atoms. The normalized spacial score (nSPS) is 29.5. The van der Waals surface area contributed by atoms with E-state index in [1.54, 1.807) is 7.05 Å². The van der Waals surface area contributed by atoms with Crippen molar-refractivity contribution in [2.75, 3.05) is 20.1 Å². The van der Waals surface area contributed by atoms with Gasteiger partial charge in [-0.25, -0.2) is 0 Å². The van der Waals surface area contributed by atoms with Crippen molar-refractivity contribution in [1.82, 2.24) is 10.2 Å². The molecule has 2 rings (SSSR count). The van der Waals surface area contributed by atoms with E-state index in [9.17, 15) is 9.59 Å². The van der Waals surface area contributed by atoms with Crippen LogP contribution < -0.4 is 5.32 Å². The van der Waals surface area contributed by atoms with Crippen molar-refractivity contribution in [3.63, 3.8) is 0 Å². The van der Waals surface area contributed by atoms with Gasteiger partial charge in [-0.3, -0.25) is 14.5 Å². The Balaban J connectivity index is 1.93. The monoisotopic (exact) mass is 252 g/mol. The van der Waals surface area contributed by atoms with Gasteiger partial charge in [0.05, 0.1) is 0 Å². The Kier molecular flexibility index (Phi) is 4.75. The number of amides is 1. The number of carbonyl (C=O) groups is 2. The molecular weight excluding hydrogens is 228 g/mol. The first-order chi connectivity index (χ1) is 8.72. The number of Topliss-reactive ketones (excluding diaryl/α,β-unsaturated/α-hetero) is 1. The predicted octanol–water partition coefficient (Wildman–Crippen LogP) is 1.35. The summed E-state index contributed by atoms with van der Waals surface area (Å²) in [6.45, 7) is 1.85. The summed E-state index contributed by atoms with van der Waals surface area (Å²) < 4.78 is 0. The van der Waals surface area contributed by atoms with Crippen LogP contribution in [-0.4, -0.2) is 42.8 Å². The summed E-state index contributed by atoms with van der Waals surface area (Å²) in [7, 11) is 1.68. The molecule has 0 aromatic rings. The van der Waals surface area contributed by atoms with E-state index in [0.717, 1.165) is 38.8 Å². The lowest BCUT2D eigenvalue weighted by molar-refractivity contribution is -0.123. The predicted molar refractivity (Wildman–Crippen MR) is 70.2 cm³/mol. The summed E-state index contributed by atoms with van der Waals surface area (Å²) in [5.74, 6) is 0.791. The van der Waals surface area contributed by atoms with E-state index < -0.39 is 0 Å². The van der Waals surface area contributed by atoms with Crippen LogP contribution in [0.5, 0.6) is 0 Å². The van der Waals surface area contributed by atoms with Crippen molar-refractivity contribution in [1.29, 1.82) is 0 Å². The lowest BCUT2D eigenvalue weighted by Gasteiger charge is -2.38. The number of nitrogens with zero attached hydrogens (tertiary/aromatic N) is 1. The van der Waals surface area contributed by atoms with Gasteiger partial charge in [0, 0.05) is 38.4 Å². The molecule has 1 saturated carbocycles. The average molecular weight is 252 g/mol. The summed E-state index contributed by atoms with van der Waals surface area (Å²) in [5, 5.41) is 2.67. The number of hydrogen-bond acceptors (Lipinski definition) is 3. The van der Waals surface area contributed by atoms with Crippen LogP contribution in [0.1, 0.15) is 44.9 Å². The van der Waals surface area contributed by atoms with E-state index in [1.165, 1.54) is 12.8 Å². The van der Waals surface area contributed by atoms with Gasteiger partial charge in [-0.15, -0.1) is 0 Å². The highest BCUT2D eigenvalue weighted by Crippen LogP contribution is 2.32. The second kappa shape index (κ2) is 6.32. The maximum absolute atomic E-state index is 11.9. The standard InChI is InChI=1S/C14H24N2O2/c1-15-14(18)8-10-16-9-3-2-6-12(16)11-5-4-7-13(11)17/h11-12H,2-10H2,1H3,(H,15,18). The van der Waals surface area contributed by atoms with Crippen LogP contribution in [0.4, 0.5) is 0 Å². The highest BCUT2D eigenvalue weighted by Gasteiger charge is 2.36. The fourth-order valence-electron chi connectivity index (χ4n) is 3.37. The molecular formula is C14H24N2O2. The minimum absolute atomic E-state index is 0.0945. The van der Waals surface area contributed by atoms with Gasteiger partial charge in [-0.1, -0.05) is 6.42 Å². The van der Waals surface area contributed by atoms with Crippen LogP contribution in [0.3, 0.4) is 0 Å². The summed E-state index contributed by atoms with van der Waals surface area (Å²) >= 11 is 0. The van der Waals surface area contributed by atoms with Crippen molar-refractivity contribution in [2.24, 2.45) is 5.92 Å². The summed E-state index contributed by atoms with van der Waals surface area (Å²) in [6.07, 6.45) is 6.99. The van der Waals surface area contributed by atoms with Gasteiger partial charge in [0.15, 0.2) is 0 Å². The van der Waals surface area contributed by atoms with Crippen LogP contribution in [0.15, 0.2) is 0 Å². The van der Waals surface area contributed by atoms with Gasteiger partial charge in [-0.05, 0) is 32.2 Å². The SMILES string of the molecule is CNC(=O)CCN1CCCCC1C1CCCC1=O. The number of rotatable bonds is 4. The first-order valence-corrected chi connectivity index (χ1v) is 7.19. The second-order valence-corrected chi connectivity index (χ2v) is 5.49. The third-order valence-electron chi connectivity index (χ3n) is 4.39. The molecule has 2 unspecified atom stereocenters. The van der Waals surface area contributed by atoms with Gasteiger partial charge in [-0.2, -0.15) is 0 Å². The van der Waals surface area contributed by atoms with E-state index in [0.29, 0.717) is 18.2 Å². The molecule has 102 valence electrons. The van der Waals surface area contributed by atoms with Gasteiger partial charge < -0.3 is 5.32 Å². The van der Waals surface area contributed by atoms with E-state index in [-0.39, 0.29) is 11.8 Å². The average Bonchev–Trinajstić information content (AvgIpc) is 2.82. The molecule has 4 nitrogen and oxygen atoms in total. The highest BCUT2D eigenvalue weighted by molar-refractivity contribution is 5.83. The van der Waals surface area contributed by atoms with E-state index in [4.69, 9.17) is 0 Å². The summed E-state index contributed by atoms with van der Waals surface area (Å²) in [6, 6.07) is 0.401. The van der Waals surface area contributed by atoms with Crippen molar-refractivity contribution in [3.05, 3.63) is 0 Å². The third kappa shape index (κ3) is 3.10. The van der Waals surface area contributed by atoms with Crippen LogP contribution in [0, 0.1) is 5.92 Å². The van der Waals surface area contributed by atoms with Crippen LogP contribution >= 0.6 is 0 Å². The van der Waals surface area contributed by atoms with Gasteiger partial charge in [0.25, 0.3) is 0 Å².